The van der Waals surface area contributed by atoms with Gasteiger partial charge in [0.2, 0.25) is 15.9 Å². The maximum Gasteiger partial charge on any atom is 0.248 e. The van der Waals surface area contributed by atoms with Crippen molar-refractivity contribution in [3.63, 3.8) is 0 Å². The van der Waals surface area contributed by atoms with Gasteiger partial charge in [-0.2, -0.15) is 4.31 Å². The number of benzene rings is 2. The Morgan fingerprint density at radius 2 is 1.76 bits per heavy atom. The summed E-state index contributed by atoms with van der Waals surface area (Å²) >= 11 is 0. The molecule has 1 amide bonds. The molecule has 2 aliphatic rings. The van der Waals surface area contributed by atoms with Crippen molar-refractivity contribution in [3.8, 4) is 0 Å². The minimum atomic E-state index is -3.82. The Morgan fingerprint density at radius 1 is 1.03 bits per heavy atom. The maximum absolute atomic E-state index is 13.6. The Bertz CT molecular complexity index is 1420. The Labute approximate surface area is 218 Å². The van der Waals surface area contributed by atoms with Gasteiger partial charge in [0.15, 0.2) is 10.7 Å². The van der Waals surface area contributed by atoms with E-state index in [9.17, 15) is 13.2 Å². The summed E-state index contributed by atoms with van der Waals surface area (Å²) in [7, 11) is -3.82. The summed E-state index contributed by atoms with van der Waals surface area (Å²) in [6.07, 6.45) is 8.78. The fourth-order valence-electron chi connectivity index (χ4n) is 5.27. The second-order valence-corrected chi connectivity index (χ2v) is 11.9. The van der Waals surface area contributed by atoms with Crippen LogP contribution in [-0.2, 0) is 27.7 Å². The Hall–Kier alpha value is -3.23. The molecule has 194 valence electrons. The van der Waals surface area contributed by atoms with E-state index in [-0.39, 0.29) is 35.6 Å². The van der Waals surface area contributed by atoms with Crippen LogP contribution in [0.4, 0.5) is 5.69 Å². The van der Waals surface area contributed by atoms with Crippen molar-refractivity contribution in [2.24, 2.45) is 5.92 Å². The van der Waals surface area contributed by atoms with Gasteiger partial charge in [0.25, 0.3) is 0 Å². The third kappa shape index (κ3) is 5.40. The number of nitrogens with one attached hydrogen (secondary N) is 1. The average molecular weight is 520 g/mol. The van der Waals surface area contributed by atoms with E-state index in [1.54, 1.807) is 13.0 Å². The zero-order chi connectivity index (χ0) is 26.0. The number of carbonyl (C=O) groups excluding carboxylic acids is 1. The SMILES string of the molecule is Cc1ccc(/C=C/c2onc(C)c2S(=O)(=O)N2CCC(C(=O)Nc3cccc4c3CCCC4)CC2)cc1. The van der Waals surface area contributed by atoms with Crippen LogP contribution in [0.2, 0.25) is 0 Å². The van der Waals surface area contributed by atoms with E-state index < -0.39 is 10.0 Å². The summed E-state index contributed by atoms with van der Waals surface area (Å²) in [5.41, 5.74) is 5.89. The van der Waals surface area contributed by atoms with Gasteiger partial charge < -0.3 is 9.84 Å². The number of nitrogens with zero attached hydrogens (tertiary/aromatic N) is 2. The molecule has 5 rings (SSSR count). The number of aromatic nitrogens is 1. The predicted octanol–water partition coefficient (Wildman–Crippen LogP) is 5.38. The van der Waals surface area contributed by atoms with Crippen molar-refractivity contribution in [1.82, 2.24) is 9.46 Å². The first-order valence-electron chi connectivity index (χ1n) is 13.0. The molecule has 2 heterocycles. The van der Waals surface area contributed by atoms with E-state index in [2.05, 4.69) is 16.5 Å². The molecular weight excluding hydrogens is 486 g/mol. The summed E-state index contributed by atoms with van der Waals surface area (Å²) in [4.78, 5) is 13.2. The summed E-state index contributed by atoms with van der Waals surface area (Å²) in [6.45, 7) is 4.21. The number of hydrogen-bond donors (Lipinski definition) is 1. The van der Waals surface area contributed by atoms with E-state index in [4.69, 9.17) is 4.52 Å². The van der Waals surface area contributed by atoms with Crippen molar-refractivity contribution in [1.29, 1.82) is 0 Å². The molecule has 1 aliphatic heterocycles. The van der Waals surface area contributed by atoms with Crippen LogP contribution in [0.3, 0.4) is 0 Å². The number of piperidine rings is 1. The molecule has 0 atom stereocenters. The van der Waals surface area contributed by atoms with E-state index in [1.807, 2.05) is 49.4 Å². The summed E-state index contributed by atoms with van der Waals surface area (Å²) in [5, 5.41) is 7.07. The molecule has 1 saturated heterocycles. The zero-order valence-electron chi connectivity index (χ0n) is 21.4. The van der Waals surface area contributed by atoms with Crippen molar-refractivity contribution < 1.29 is 17.7 Å². The number of aryl methyl sites for hydroxylation is 3. The van der Waals surface area contributed by atoms with Gasteiger partial charge in [-0.25, -0.2) is 8.42 Å². The average Bonchev–Trinajstić information content (AvgIpc) is 3.29. The molecule has 1 aromatic heterocycles. The molecule has 1 aliphatic carbocycles. The molecule has 0 spiro atoms. The van der Waals surface area contributed by atoms with Crippen LogP contribution in [0.25, 0.3) is 12.2 Å². The number of anilines is 1. The summed E-state index contributed by atoms with van der Waals surface area (Å²) < 4.78 is 34.0. The van der Waals surface area contributed by atoms with Crippen LogP contribution in [0.1, 0.15) is 59.4 Å². The molecule has 0 saturated carbocycles. The number of amides is 1. The highest BCUT2D eigenvalue weighted by atomic mass is 32.2. The first-order valence-corrected chi connectivity index (χ1v) is 14.4. The Kier molecular flexibility index (Phi) is 7.31. The van der Waals surface area contributed by atoms with Crippen molar-refractivity contribution in [2.45, 2.75) is 57.3 Å². The van der Waals surface area contributed by atoms with E-state index in [1.165, 1.54) is 21.9 Å². The molecule has 3 aromatic rings. The third-order valence-electron chi connectivity index (χ3n) is 7.41. The standard InChI is InChI=1S/C29H33N3O4S/c1-20-10-12-22(13-11-20)14-15-27-28(21(2)31-36-27)37(34,35)32-18-16-24(17-19-32)29(33)30-26-9-5-7-23-6-3-4-8-25(23)26/h5,7,9-15,24H,3-4,6,8,16-19H2,1-2H3,(H,30,33)/b15-14+. The van der Waals surface area contributed by atoms with Gasteiger partial charge in [-0.05, 0) is 81.2 Å². The van der Waals surface area contributed by atoms with Crippen molar-refractivity contribution >= 4 is 33.8 Å². The maximum atomic E-state index is 13.6. The van der Waals surface area contributed by atoms with E-state index in [0.29, 0.717) is 18.5 Å². The van der Waals surface area contributed by atoms with Gasteiger partial charge in [-0.1, -0.05) is 53.2 Å². The highest BCUT2D eigenvalue weighted by molar-refractivity contribution is 7.89. The van der Waals surface area contributed by atoms with Gasteiger partial charge in [-0.15, -0.1) is 0 Å². The Balaban J connectivity index is 1.26. The molecule has 0 bridgehead atoms. The molecule has 37 heavy (non-hydrogen) atoms. The second-order valence-electron chi connectivity index (χ2n) is 10.0. The molecule has 7 nitrogen and oxygen atoms in total. The summed E-state index contributed by atoms with van der Waals surface area (Å²) in [5.74, 6) is -0.0407. The number of rotatable bonds is 6. The van der Waals surface area contributed by atoms with Crippen LogP contribution in [-0.4, -0.2) is 36.9 Å². The number of sulfonamides is 1. The van der Waals surface area contributed by atoms with E-state index in [0.717, 1.165) is 36.1 Å². The van der Waals surface area contributed by atoms with Crippen LogP contribution >= 0.6 is 0 Å². The minimum absolute atomic E-state index is 0.0288. The Morgan fingerprint density at radius 3 is 2.51 bits per heavy atom. The van der Waals surface area contributed by atoms with Gasteiger partial charge in [0, 0.05) is 24.7 Å². The van der Waals surface area contributed by atoms with Gasteiger partial charge in [0.05, 0.1) is 0 Å². The lowest BCUT2D eigenvalue weighted by Crippen LogP contribution is -2.41. The van der Waals surface area contributed by atoms with Crippen LogP contribution in [0, 0.1) is 19.8 Å². The first kappa shape index (κ1) is 25.4. The molecule has 2 aromatic carbocycles. The first-order chi connectivity index (χ1) is 17.8. The predicted molar refractivity (Wildman–Crippen MR) is 145 cm³/mol. The largest absolute Gasteiger partial charge is 0.355 e. The van der Waals surface area contributed by atoms with Crippen LogP contribution in [0.15, 0.2) is 51.9 Å². The highest BCUT2D eigenvalue weighted by Gasteiger charge is 2.36. The van der Waals surface area contributed by atoms with Crippen LogP contribution in [0.5, 0.6) is 0 Å². The zero-order valence-corrected chi connectivity index (χ0v) is 22.2. The van der Waals surface area contributed by atoms with Gasteiger partial charge >= 0.3 is 0 Å². The fourth-order valence-corrected chi connectivity index (χ4v) is 6.99. The molecular formula is C29H33N3O4S. The topological polar surface area (TPSA) is 92.5 Å². The molecule has 1 N–H and O–H groups in total. The van der Waals surface area contributed by atoms with E-state index >= 15 is 0 Å². The number of carbonyl (C=O) groups is 1. The molecule has 1 fully saturated rings. The van der Waals surface area contributed by atoms with Crippen molar-refractivity contribution in [3.05, 3.63) is 76.2 Å². The molecule has 0 unspecified atom stereocenters. The second kappa shape index (κ2) is 10.6. The highest BCUT2D eigenvalue weighted by Crippen LogP contribution is 2.31. The quantitative estimate of drug-likeness (QED) is 0.472. The molecule has 8 heteroatoms. The summed E-state index contributed by atoms with van der Waals surface area (Å²) in [6, 6.07) is 14.0. The van der Waals surface area contributed by atoms with Gasteiger partial charge in [0.1, 0.15) is 5.69 Å². The molecule has 0 radical (unpaired) electrons. The minimum Gasteiger partial charge on any atom is -0.355 e. The lowest BCUT2D eigenvalue weighted by molar-refractivity contribution is -0.120. The number of hydrogen-bond acceptors (Lipinski definition) is 5. The fraction of sp³-hybridized carbons (Fsp3) is 0.379. The lowest BCUT2D eigenvalue weighted by Gasteiger charge is -2.30. The monoisotopic (exact) mass is 519 g/mol. The van der Waals surface area contributed by atoms with Crippen LogP contribution < -0.4 is 5.32 Å². The normalized spacial score (nSPS) is 17.1. The lowest BCUT2D eigenvalue weighted by atomic mass is 9.90. The third-order valence-corrected chi connectivity index (χ3v) is 9.47. The smallest absolute Gasteiger partial charge is 0.248 e. The number of fused-ring (bicyclic) bond motifs is 1. The van der Waals surface area contributed by atoms with Gasteiger partial charge in [-0.3, -0.25) is 4.79 Å². The van der Waals surface area contributed by atoms with Crippen molar-refractivity contribution in [2.75, 3.05) is 18.4 Å².